The maximum Gasteiger partial charge on any atom is 0.331 e. The quantitative estimate of drug-likeness (QED) is 0.691. The Bertz CT molecular complexity index is 1000. The molecule has 0 unspecified atom stereocenters. The Balaban J connectivity index is 1.79. The van der Waals surface area contributed by atoms with Gasteiger partial charge in [0.05, 0.1) is 13.2 Å². The van der Waals surface area contributed by atoms with E-state index in [0.29, 0.717) is 12.4 Å². The molecular weight excluding hydrogens is 364 g/mol. The van der Waals surface area contributed by atoms with E-state index in [-0.39, 0.29) is 0 Å². The summed E-state index contributed by atoms with van der Waals surface area (Å²) in [5.74, 6) is 0.495. The number of rotatable bonds is 6. The SMILES string of the molecule is COc1ccc([C@H]2[C@@H](C(=O)O)N=C(c3ccccc3)N2Cc2ccccc2)cc1. The van der Waals surface area contributed by atoms with Gasteiger partial charge >= 0.3 is 5.97 Å². The molecule has 146 valence electrons. The molecule has 0 aliphatic carbocycles. The fourth-order valence-electron chi connectivity index (χ4n) is 3.71. The van der Waals surface area contributed by atoms with Gasteiger partial charge in [-0.05, 0) is 23.3 Å². The molecule has 5 heteroatoms. The number of aliphatic imine (C=N–C) groups is 1. The Labute approximate surface area is 169 Å². The smallest absolute Gasteiger partial charge is 0.331 e. The van der Waals surface area contributed by atoms with Crippen molar-refractivity contribution in [3.63, 3.8) is 0 Å². The molecule has 0 saturated carbocycles. The second-order valence-corrected chi connectivity index (χ2v) is 6.93. The van der Waals surface area contributed by atoms with Crippen LogP contribution in [0.1, 0.15) is 22.7 Å². The lowest BCUT2D eigenvalue weighted by atomic mass is 9.98. The van der Waals surface area contributed by atoms with E-state index in [0.717, 1.165) is 22.4 Å². The van der Waals surface area contributed by atoms with Crippen LogP contribution in [0.4, 0.5) is 0 Å². The van der Waals surface area contributed by atoms with Crippen molar-refractivity contribution >= 4 is 11.8 Å². The minimum atomic E-state index is -0.935. The van der Waals surface area contributed by atoms with Crippen LogP contribution in [0, 0.1) is 0 Å². The Morgan fingerprint density at radius 2 is 1.59 bits per heavy atom. The first kappa shape index (κ1) is 18.7. The molecule has 3 aromatic rings. The molecule has 0 saturated heterocycles. The van der Waals surface area contributed by atoms with Gasteiger partial charge in [-0.3, -0.25) is 4.99 Å². The van der Waals surface area contributed by atoms with Gasteiger partial charge in [-0.25, -0.2) is 4.79 Å². The number of methoxy groups -OCH3 is 1. The van der Waals surface area contributed by atoms with Gasteiger partial charge in [0.25, 0.3) is 0 Å². The van der Waals surface area contributed by atoms with E-state index in [1.165, 1.54) is 0 Å². The van der Waals surface area contributed by atoms with Gasteiger partial charge < -0.3 is 14.7 Å². The number of carboxylic acid groups (broad SMARTS) is 1. The van der Waals surface area contributed by atoms with Crippen molar-refractivity contribution in [3.05, 3.63) is 102 Å². The van der Waals surface area contributed by atoms with Crippen LogP contribution in [-0.4, -0.2) is 35.0 Å². The summed E-state index contributed by atoms with van der Waals surface area (Å²) in [7, 11) is 1.61. The Kier molecular flexibility index (Phi) is 5.29. The average Bonchev–Trinajstić information content (AvgIpc) is 3.14. The van der Waals surface area contributed by atoms with Crippen LogP contribution >= 0.6 is 0 Å². The van der Waals surface area contributed by atoms with Crippen LogP contribution in [0.2, 0.25) is 0 Å². The third kappa shape index (κ3) is 3.85. The van der Waals surface area contributed by atoms with Gasteiger partial charge in [0.15, 0.2) is 6.04 Å². The van der Waals surface area contributed by atoms with Crippen molar-refractivity contribution in [1.82, 2.24) is 4.90 Å². The van der Waals surface area contributed by atoms with E-state index < -0.39 is 18.1 Å². The van der Waals surface area contributed by atoms with E-state index in [2.05, 4.69) is 9.89 Å². The number of ether oxygens (including phenoxy) is 1. The molecule has 0 amide bonds. The van der Waals surface area contributed by atoms with Crippen molar-refractivity contribution in [2.75, 3.05) is 7.11 Å². The molecule has 0 fully saturated rings. The lowest BCUT2D eigenvalue weighted by molar-refractivity contribution is -0.139. The molecule has 5 nitrogen and oxygen atoms in total. The van der Waals surface area contributed by atoms with Gasteiger partial charge in [0, 0.05) is 12.1 Å². The van der Waals surface area contributed by atoms with E-state index in [9.17, 15) is 9.90 Å². The third-order valence-electron chi connectivity index (χ3n) is 5.11. The zero-order chi connectivity index (χ0) is 20.2. The molecule has 1 heterocycles. The van der Waals surface area contributed by atoms with Gasteiger partial charge in [-0.1, -0.05) is 72.8 Å². The highest BCUT2D eigenvalue weighted by Gasteiger charge is 2.41. The summed E-state index contributed by atoms with van der Waals surface area (Å²) in [6.45, 7) is 0.565. The predicted molar refractivity (Wildman–Crippen MR) is 112 cm³/mol. The fraction of sp³-hybridized carbons (Fsp3) is 0.167. The van der Waals surface area contributed by atoms with E-state index in [4.69, 9.17) is 4.74 Å². The molecule has 1 aliphatic heterocycles. The maximum atomic E-state index is 12.1. The number of nitrogens with zero attached hydrogens (tertiary/aromatic N) is 2. The van der Waals surface area contributed by atoms with Crippen LogP contribution in [0.5, 0.6) is 5.75 Å². The zero-order valence-electron chi connectivity index (χ0n) is 16.1. The average molecular weight is 386 g/mol. The fourth-order valence-corrected chi connectivity index (χ4v) is 3.71. The first-order valence-corrected chi connectivity index (χ1v) is 9.48. The summed E-state index contributed by atoms with van der Waals surface area (Å²) in [6.07, 6.45) is 0. The van der Waals surface area contributed by atoms with Crippen molar-refractivity contribution in [1.29, 1.82) is 0 Å². The summed E-state index contributed by atoms with van der Waals surface area (Å²) < 4.78 is 5.26. The number of carbonyl (C=O) groups is 1. The van der Waals surface area contributed by atoms with Crippen molar-refractivity contribution in [2.45, 2.75) is 18.6 Å². The predicted octanol–water partition coefficient (Wildman–Crippen LogP) is 4.15. The maximum absolute atomic E-state index is 12.1. The molecule has 0 aromatic heterocycles. The molecule has 0 spiro atoms. The number of benzene rings is 3. The normalized spacial score (nSPS) is 18.4. The minimum Gasteiger partial charge on any atom is -0.497 e. The largest absolute Gasteiger partial charge is 0.497 e. The highest BCUT2D eigenvalue weighted by atomic mass is 16.5. The molecule has 3 aromatic carbocycles. The Hall–Kier alpha value is -3.60. The lowest BCUT2D eigenvalue weighted by Crippen LogP contribution is -2.35. The molecule has 1 N–H and O–H groups in total. The molecule has 2 atom stereocenters. The highest BCUT2D eigenvalue weighted by molar-refractivity contribution is 6.02. The number of aliphatic carboxylic acids is 1. The van der Waals surface area contributed by atoms with Gasteiger partial charge in [0.2, 0.25) is 0 Å². The molecule has 0 radical (unpaired) electrons. The molecular formula is C24H22N2O3. The zero-order valence-corrected chi connectivity index (χ0v) is 16.1. The monoisotopic (exact) mass is 386 g/mol. The topological polar surface area (TPSA) is 62.1 Å². The van der Waals surface area contributed by atoms with Gasteiger partial charge in [-0.2, -0.15) is 0 Å². The van der Waals surface area contributed by atoms with Crippen LogP contribution in [0.25, 0.3) is 0 Å². The van der Waals surface area contributed by atoms with Crippen molar-refractivity contribution in [2.24, 2.45) is 4.99 Å². The van der Waals surface area contributed by atoms with Crippen LogP contribution in [0.15, 0.2) is 89.9 Å². The molecule has 29 heavy (non-hydrogen) atoms. The van der Waals surface area contributed by atoms with Crippen molar-refractivity contribution in [3.8, 4) is 5.75 Å². The highest BCUT2D eigenvalue weighted by Crippen LogP contribution is 2.36. The summed E-state index contributed by atoms with van der Waals surface area (Å²) in [4.78, 5) is 18.9. The lowest BCUT2D eigenvalue weighted by Gasteiger charge is -2.30. The summed E-state index contributed by atoms with van der Waals surface area (Å²) in [6, 6.07) is 26.0. The minimum absolute atomic E-state index is 0.409. The second kappa shape index (κ2) is 8.19. The first-order chi connectivity index (χ1) is 14.2. The van der Waals surface area contributed by atoms with Crippen LogP contribution in [0.3, 0.4) is 0 Å². The third-order valence-corrected chi connectivity index (χ3v) is 5.11. The molecule has 1 aliphatic rings. The standard InChI is InChI=1S/C24H22N2O3/c1-29-20-14-12-18(13-15-20)22-21(24(27)28)25-23(19-10-6-3-7-11-19)26(22)16-17-8-4-2-5-9-17/h2-15,21-22H,16H2,1H3,(H,27,28)/t21-,22-/m0/s1. The number of hydrogen-bond acceptors (Lipinski definition) is 4. The number of hydrogen-bond donors (Lipinski definition) is 1. The number of amidine groups is 1. The summed E-state index contributed by atoms with van der Waals surface area (Å²) in [5, 5.41) is 9.94. The van der Waals surface area contributed by atoms with Gasteiger partial charge in [-0.15, -0.1) is 0 Å². The second-order valence-electron chi connectivity index (χ2n) is 6.93. The summed E-state index contributed by atoms with van der Waals surface area (Å²) in [5.41, 5.74) is 2.90. The van der Waals surface area contributed by atoms with E-state index in [1.54, 1.807) is 7.11 Å². The Morgan fingerprint density at radius 3 is 2.17 bits per heavy atom. The van der Waals surface area contributed by atoms with Crippen molar-refractivity contribution < 1.29 is 14.6 Å². The first-order valence-electron chi connectivity index (χ1n) is 9.48. The number of carboxylic acids is 1. The van der Waals surface area contributed by atoms with Crippen LogP contribution in [-0.2, 0) is 11.3 Å². The van der Waals surface area contributed by atoms with Gasteiger partial charge in [0.1, 0.15) is 11.6 Å². The van der Waals surface area contributed by atoms with E-state index >= 15 is 0 Å². The van der Waals surface area contributed by atoms with E-state index in [1.807, 2.05) is 84.9 Å². The molecule has 0 bridgehead atoms. The molecule has 4 rings (SSSR count). The Morgan fingerprint density at radius 1 is 0.966 bits per heavy atom. The summed E-state index contributed by atoms with van der Waals surface area (Å²) >= 11 is 0. The van der Waals surface area contributed by atoms with Crippen LogP contribution < -0.4 is 4.74 Å².